The number of hydrogen-bond donors (Lipinski definition) is 1. The standard InChI is InChI=1S/C24H23N3O2S/c28-22(26-21-9-3-8-20-19(21)7-4-12-25-20)15-24(10-13-30-14-11-24)27-16-17-5-1-2-6-18(17)23(27)29/h1-9,12H,10-11,13-16H2,(H,26,28). The Labute approximate surface area is 179 Å². The number of anilines is 1. The number of nitrogens with one attached hydrogen (secondary N) is 1. The molecular weight excluding hydrogens is 394 g/mol. The number of carbonyl (C=O) groups is 2. The SMILES string of the molecule is O=C(CC1(N2Cc3ccccc3C2=O)CCSCC1)Nc1cccc2ncccc12. The number of aromatic nitrogens is 1. The van der Waals surface area contributed by atoms with Crippen molar-refractivity contribution in [1.29, 1.82) is 0 Å². The number of pyridine rings is 1. The lowest BCUT2D eigenvalue weighted by molar-refractivity contribution is -0.119. The summed E-state index contributed by atoms with van der Waals surface area (Å²) in [6.07, 6.45) is 3.73. The monoisotopic (exact) mass is 417 g/mol. The molecule has 1 aromatic heterocycles. The maximum Gasteiger partial charge on any atom is 0.254 e. The van der Waals surface area contributed by atoms with Gasteiger partial charge in [0.05, 0.1) is 23.2 Å². The molecule has 0 saturated carbocycles. The molecule has 0 unspecified atom stereocenters. The first-order valence-corrected chi connectivity index (χ1v) is 11.4. The zero-order valence-corrected chi connectivity index (χ0v) is 17.5. The minimum absolute atomic E-state index is 0.0537. The van der Waals surface area contributed by atoms with Crippen molar-refractivity contribution in [3.8, 4) is 0 Å². The van der Waals surface area contributed by atoms with E-state index >= 15 is 0 Å². The van der Waals surface area contributed by atoms with Gasteiger partial charge in [0, 0.05) is 23.7 Å². The van der Waals surface area contributed by atoms with Crippen LogP contribution < -0.4 is 5.32 Å². The molecule has 0 atom stereocenters. The molecule has 3 aromatic rings. The van der Waals surface area contributed by atoms with Gasteiger partial charge in [-0.1, -0.05) is 24.3 Å². The van der Waals surface area contributed by atoms with Crippen LogP contribution in [0.1, 0.15) is 35.2 Å². The average Bonchev–Trinajstić information content (AvgIpc) is 3.12. The lowest BCUT2D eigenvalue weighted by atomic mass is 9.86. The fraction of sp³-hybridized carbons (Fsp3) is 0.292. The Balaban J connectivity index is 1.41. The molecule has 0 aliphatic carbocycles. The van der Waals surface area contributed by atoms with Crippen LogP contribution in [0.25, 0.3) is 10.9 Å². The van der Waals surface area contributed by atoms with Gasteiger partial charge in [0.1, 0.15) is 0 Å². The lowest BCUT2D eigenvalue weighted by Gasteiger charge is -2.44. The van der Waals surface area contributed by atoms with Gasteiger partial charge in [0.15, 0.2) is 0 Å². The third-order valence-corrected chi connectivity index (χ3v) is 7.21. The number of nitrogens with zero attached hydrogens (tertiary/aromatic N) is 2. The van der Waals surface area contributed by atoms with Crippen LogP contribution in [0.4, 0.5) is 5.69 Å². The number of carbonyl (C=O) groups excluding carboxylic acids is 2. The van der Waals surface area contributed by atoms with E-state index in [0.717, 1.165) is 52.1 Å². The van der Waals surface area contributed by atoms with Crippen molar-refractivity contribution in [3.05, 3.63) is 71.9 Å². The van der Waals surface area contributed by atoms with E-state index in [0.29, 0.717) is 13.0 Å². The molecule has 30 heavy (non-hydrogen) atoms. The predicted octanol–water partition coefficient (Wildman–Crippen LogP) is 4.49. The molecule has 1 fully saturated rings. The van der Waals surface area contributed by atoms with Gasteiger partial charge < -0.3 is 10.2 Å². The highest BCUT2D eigenvalue weighted by Gasteiger charge is 2.45. The fourth-order valence-electron chi connectivity index (χ4n) is 4.64. The molecule has 0 bridgehead atoms. The van der Waals surface area contributed by atoms with Gasteiger partial charge in [0.25, 0.3) is 5.91 Å². The van der Waals surface area contributed by atoms with E-state index in [1.165, 1.54) is 0 Å². The minimum Gasteiger partial charge on any atom is -0.328 e. The van der Waals surface area contributed by atoms with Crippen molar-refractivity contribution >= 4 is 40.2 Å². The summed E-state index contributed by atoms with van der Waals surface area (Å²) in [5.74, 6) is 1.93. The zero-order valence-electron chi connectivity index (χ0n) is 16.6. The van der Waals surface area contributed by atoms with Crippen LogP contribution in [-0.2, 0) is 11.3 Å². The topological polar surface area (TPSA) is 62.3 Å². The Kier molecular flexibility index (Phi) is 4.95. The molecule has 5 nitrogen and oxygen atoms in total. The maximum atomic E-state index is 13.2. The van der Waals surface area contributed by atoms with Gasteiger partial charge in [-0.25, -0.2) is 0 Å². The molecule has 1 N–H and O–H groups in total. The fourth-order valence-corrected chi connectivity index (χ4v) is 5.89. The van der Waals surface area contributed by atoms with Gasteiger partial charge in [-0.15, -0.1) is 0 Å². The molecule has 3 heterocycles. The molecule has 152 valence electrons. The molecule has 2 amide bonds. The normalized spacial score (nSPS) is 17.7. The summed E-state index contributed by atoms with van der Waals surface area (Å²) >= 11 is 1.90. The van der Waals surface area contributed by atoms with E-state index in [-0.39, 0.29) is 11.8 Å². The van der Waals surface area contributed by atoms with Crippen LogP contribution in [0.5, 0.6) is 0 Å². The summed E-state index contributed by atoms with van der Waals surface area (Å²) in [7, 11) is 0. The summed E-state index contributed by atoms with van der Waals surface area (Å²) in [4.78, 5) is 32.7. The third kappa shape index (κ3) is 3.35. The zero-order chi connectivity index (χ0) is 20.6. The first kappa shape index (κ1) is 19.1. The Morgan fingerprint density at radius 2 is 1.90 bits per heavy atom. The van der Waals surface area contributed by atoms with Crippen molar-refractivity contribution in [2.45, 2.75) is 31.3 Å². The second kappa shape index (κ2) is 7.76. The summed E-state index contributed by atoms with van der Waals surface area (Å²) in [5, 5.41) is 4.02. The Morgan fingerprint density at radius 3 is 2.73 bits per heavy atom. The summed E-state index contributed by atoms with van der Waals surface area (Å²) in [5.41, 5.74) is 3.01. The molecule has 6 heteroatoms. The van der Waals surface area contributed by atoms with Crippen molar-refractivity contribution in [3.63, 3.8) is 0 Å². The Bertz CT molecular complexity index is 1120. The summed E-state index contributed by atoms with van der Waals surface area (Å²) in [6, 6.07) is 17.4. The van der Waals surface area contributed by atoms with Gasteiger partial charge in [-0.2, -0.15) is 11.8 Å². The molecule has 2 aliphatic rings. The second-order valence-corrected chi connectivity index (χ2v) is 9.21. The molecule has 0 spiro atoms. The number of rotatable bonds is 4. The molecular formula is C24H23N3O2S. The lowest BCUT2D eigenvalue weighted by Crippen LogP contribution is -2.53. The van der Waals surface area contributed by atoms with Crippen LogP contribution in [0.15, 0.2) is 60.8 Å². The van der Waals surface area contributed by atoms with Crippen LogP contribution in [0, 0.1) is 0 Å². The first-order valence-electron chi connectivity index (χ1n) is 10.3. The van der Waals surface area contributed by atoms with Gasteiger partial charge in [0.2, 0.25) is 5.91 Å². The number of hydrogen-bond acceptors (Lipinski definition) is 4. The van der Waals surface area contributed by atoms with Crippen molar-refractivity contribution < 1.29 is 9.59 Å². The molecule has 5 rings (SSSR count). The van der Waals surface area contributed by atoms with E-state index in [4.69, 9.17) is 0 Å². The first-order chi connectivity index (χ1) is 14.7. The molecule has 1 saturated heterocycles. The molecule has 2 aliphatic heterocycles. The Morgan fingerprint density at radius 1 is 1.07 bits per heavy atom. The summed E-state index contributed by atoms with van der Waals surface area (Å²) in [6.45, 7) is 0.588. The van der Waals surface area contributed by atoms with E-state index in [1.807, 2.05) is 71.3 Å². The predicted molar refractivity (Wildman–Crippen MR) is 121 cm³/mol. The third-order valence-electron chi connectivity index (χ3n) is 6.23. The van der Waals surface area contributed by atoms with Crippen LogP contribution >= 0.6 is 11.8 Å². The molecule has 0 radical (unpaired) electrons. The van der Waals surface area contributed by atoms with Crippen LogP contribution in [0.2, 0.25) is 0 Å². The number of amides is 2. The number of thioether (sulfide) groups is 1. The highest BCUT2D eigenvalue weighted by atomic mass is 32.2. The minimum atomic E-state index is -0.436. The van der Waals surface area contributed by atoms with Gasteiger partial charge in [-0.05, 0) is 60.2 Å². The quantitative estimate of drug-likeness (QED) is 0.680. The second-order valence-electron chi connectivity index (χ2n) is 7.99. The van der Waals surface area contributed by atoms with E-state index in [9.17, 15) is 9.59 Å². The average molecular weight is 418 g/mol. The molecule has 2 aromatic carbocycles. The maximum absolute atomic E-state index is 13.2. The van der Waals surface area contributed by atoms with Crippen molar-refractivity contribution in [2.24, 2.45) is 0 Å². The number of benzene rings is 2. The number of fused-ring (bicyclic) bond motifs is 2. The highest BCUT2D eigenvalue weighted by Crippen LogP contribution is 2.40. The van der Waals surface area contributed by atoms with E-state index in [2.05, 4.69) is 10.3 Å². The van der Waals surface area contributed by atoms with Crippen molar-refractivity contribution in [2.75, 3.05) is 16.8 Å². The van der Waals surface area contributed by atoms with Crippen LogP contribution in [-0.4, -0.2) is 38.7 Å². The summed E-state index contributed by atoms with van der Waals surface area (Å²) < 4.78 is 0. The van der Waals surface area contributed by atoms with E-state index in [1.54, 1.807) is 6.20 Å². The van der Waals surface area contributed by atoms with Crippen LogP contribution in [0.3, 0.4) is 0 Å². The smallest absolute Gasteiger partial charge is 0.254 e. The highest BCUT2D eigenvalue weighted by molar-refractivity contribution is 7.99. The largest absolute Gasteiger partial charge is 0.328 e. The Hall–Kier alpha value is -2.86. The van der Waals surface area contributed by atoms with Crippen molar-refractivity contribution in [1.82, 2.24) is 9.88 Å². The van der Waals surface area contributed by atoms with E-state index < -0.39 is 5.54 Å². The van der Waals surface area contributed by atoms with Gasteiger partial charge >= 0.3 is 0 Å². The van der Waals surface area contributed by atoms with Gasteiger partial charge in [-0.3, -0.25) is 14.6 Å².